The largest absolute Gasteiger partial charge is 0.309 e. The summed E-state index contributed by atoms with van der Waals surface area (Å²) < 4.78 is 2.47. The van der Waals surface area contributed by atoms with E-state index in [4.69, 9.17) is 4.98 Å². The van der Waals surface area contributed by atoms with Crippen molar-refractivity contribution in [1.29, 1.82) is 0 Å². The molecule has 1 aliphatic heterocycles. The van der Waals surface area contributed by atoms with Gasteiger partial charge in [0, 0.05) is 42.5 Å². The Kier molecular flexibility index (Phi) is 5.39. The average molecular weight is 678 g/mol. The summed E-state index contributed by atoms with van der Waals surface area (Å²) in [7, 11) is 0. The fourth-order valence-electron chi connectivity index (χ4n) is 6.37. The zero-order valence-electron chi connectivity index (χ0n) is 21.7. The van der Waals surface area contributed by atoms with Crippen LogP contribution in [0.2, 0.25) is 0 Å². The Labute approximate surface area is 241 Å². The molecule has 0 saturated heterocycles. The molecule has 3 heterocycles. The first-order valence-corrected chi connectivity index (χ1v) is 13.1. The molecule has 5 aromatic carbocycles. The van der Waals surface area contributed by atoms with E-state index in [0.717, 1.165) is 16.6 Å². The topological polar surface area (TPSA) is 17.8 Å². The maximum absolute atomic E-state index is 4.73. The van der Waals surface area contributed by atoms with Gasteiger partial charge >= 0.3 is 0 Å². The molecule has 0 unspecified atom stereocenters. The van der Waals surface area contributed by atoms with Crippen molar-refractivity contribution < 1.29 is 20.1 Å². The Morgan fingerprint density at radius 1 is 0.692 bits per heavy atom. The SMILES string of the molecule is CC1(C)c2ccccc2-n2c3ccc(-c4cc[c-]c(-c5cc6ccccc6cn5)c4)cc3c3cccc1c32.[Ir]. The molecule has 0 atom stereocenters. The molecule has 0 bridgehead atoms. The fourth-order valence-corrected chi connectivity index (χ4v) is 6.37. The molecule has 7 aromatic rings. The molecule has 0 saturated carbocycles. The Hall–Kier alpha value is -4.04. The van der Waals surface area contributed by atoms with Crippen molar-refractivity contribution in [3.8, 4) is 28.1 Å². The number of hydrogen-bond donors (Lipinski definition) is 0. The van der Waals surface area contributed by atoms with Gasteiger partial charge in [-0.3, -0.25) is 0 Å². The van der Waals surface area contributed by atoms with E-state index in [1.807, 2.05) is 18.3 Å². The van der Waals surface area contributed by atoms with Crippen LogP contribution in [0.4, 0.5) is 0 Å². The maximum Gasteiger partial charge on any atom is 0.0582 e. The number of nitrogens with zero attached hydrogens (tertiary/aromatic N) is 2. The molecule has 0 fully saturated rings. The minimum Gasteiger partial charge on any atom is -0.309 e. The number of hydrogen-bond acceptors (Lipinski definition) is 1. The normalized spacial score (nSPS) is 13.4. The van der Waals surface area contributed by atoms with E-state index in [2.05, 4.69) is 122 Å². The summed E-state index contributed by atoms with van der Waals surface area (Å²) in [4.78, 5) is 4.73. The summed E-state index contributed by atoms with van der Waals surface area (Å²) in [6, 6.07) is 42.8. The van der Waals surface area contributed by atoms with Crippen molar-refractivity contribution in [2.75, 3.05) is 0 Å². The number of fused-ring (bicyclic) bond motifs is 6. The summed E-state index contributed by atoms with van der Waals surface area (Å²) in [6.45, 7) is 4.69. The second-order valence-corrected chi connectivity index (χ2v) is 10.8. The van der Waals surface area contributed by atoms with E-state index in [1.54, 1.807) is 0 Å². The van der Waals surface area contributed by atoms with Gasteiger partial charge in [0.05, 0.1) is 16.7 Å². The van der Waals surface area contributed by atoms with Crippen LogP contribution in [0.3, 0.4) is 0 Å². The minimum absolute atomic E-state index is 0. The third-order valence-electron chi connectivity index (χ3n) is 8.32. The standard InChI is InChI=1S/C36H25N2.Ir/c1-36(2)30-14-5-6-16-34(30)38-33-18-17-25(20-29(33)28-13-8-15-31(36)35(28)38)23-11-7-12-26(19-23)32-21-24-9-3-4-10-27(24)22-37-32;/h3-11,13-22H,1-2H3;/q-1;. The summed E-state index contributed by atoms with van der Waals surface area (Å²) >= 11 is 0. The predicted molar refractivity (Wildman–Crippen MR) is 158 cm³/mol. The average Bonchev–Trinajstić information content (AvgIpc) is 3.30. The van der Waals surface area contributed by atoms with Crippen molar-refractivity contribution >= 4 is 32.6 Å². The zero-order chi connectivity index (χ0) is 25.4. The van der Waals surface area contributed by atoms with Crippen molar-refractivity contribution in [2.45, 2.75) is 19.3 Å². The van der Waals surface area contributed by atoms with Crippen LogP contribution in [0, 0.1) is 6.07 Å². The first kappa shape index (κ1) is 24.0. The molecule has 39 heavy (non-hydrogen) atoms. The van der Waals surface area contributed by atoms with Crippen molar-refractivity contribution in [3.63, 3.8) is 0 Å². The van der Waals surface area contributed by atoms with Gasteiger partial charge in [0.25, 0.3) is 0 Å². The van der Waals surface area contributed by atoms with E-state index in [0.29, 0.717) is 0 Å². The van der Waals surface area contributed by atoms with Crippen LogP contribution in [-0.2, 0) is 25.5 Å². The third-order valence-corrected chi connectivity index (χ3v) is 8.32. The van der Waals surface area contributed by atoms with Crippen LogP contribution >= 0.6 is 0 Å². The molecule has 0 aliphatic carbocycles. The Bertz CT molecular complexity index is 2070. The molecule has 0 amide bonds. The van der Waals surface area contributed by atoms with Gasteiger partial charge in [-0.2, -0.15) is 0 Å². The number of rotatable bonds is 2. The predicted octanol–water partition coefficient (Wildman–Crippen LogP) is 9.10. The molecule has 2 aromatic heterocycles. The quantitative estimate of drug-likeness (QED) is 0.167. The van der Waals surface area contributed by atoms with Gasteiger partial charge < -0.3 is 9.55 Å². The van der Waals surface area contributed by atoms with Crippen LogP contribution in [-0.4, -0.2) is 9.55 Å². The third kappa shape index (κ3) is 3.47. The summed E-state index contributed by atoms with van der Waals surface area (Å²) in [6.07, 6.45) is 1.95. The first-order chi connectivity index (χ1) is 18.6. The van der Waals surface area contributed by atoms with Crippen LogP contribution < -0.4 is 0 Å². The van der Waals surface area contributed by atoms with Crippen LogP contribution in [0.15, 0.2) is 115 Å². The summed E-state index contributed by atoms with van der Waals surface area (Å²) in [5.41, 5.74) is 10.9. The number of aromatic nitrogens is 2. The molecule has 2 nitrogen and oxygen atoms in total. The zero-order valence-corrected chi connectivity index (χ0v) is 24.1. The fraction of sp³-hybridized carbons (Fsp3) is 0.0833. The van der Waals surface area contributed by atoms with Crippen LogP contribution in [0.25, 0.3) is 60.6 Å². The first-order valence-electron chi connectivity index (χ1n) is 13.1. The second kappa shape index (κ2) is 8.74. The minimum atomic E-state index is -0.0552. The Morgan fingerprint density at radius 3 is 2.36 bits per heavy atom. The molecule has 3 heteroatoms. The molecule has 0 spiro atoms. The van der Waals surface area contributed by atoms with Crippen molar-refractivity contribution in [2.24, 2.45) is 0 Å². The van der Waals surface area contributed by atoms with Crippen molar-refractivity contribution in [1.82, 2.24) is 9.55 Å². The molecular formula is C36H25IrN2-. The molecule has 8 rings (SSSR count). The Morgan fingerprint density at radius 2 is 1.46 bits per heavy atom. The molecular weight excluding hydrogens is 653 g/mol. The van der Waals surface area contributed by atoms with Crippen LogP contribution in [0.5, 0.6) is 0 Å². The molecule has 1 radical (unpaired) electrons. The number of para-hydroxylation sites is 2. The van der Waals surface area contributed by atoms with Gasteiger partial charge in [-0.15, -0.1) is 35.4 Å². The van der Waals surface area contributed by atoms with Gasteiger partial charge in [-0.05, 0) is 51.4 Å². The van der Waals surface area contributed by atoms with E-state index in [1.165, 1.54) is 55.1 Å². The van der Waals surface area contributed by atoms with E-state index in [9.17, 15) is 0 Å². The van der Waals surface area contributed by atoms with E-state index in [-0.39, 0.29) is 25.5 Å². The van der Waals surface area contributed by atoms with E-state index < -0.39 is 0 Å². The van der Waals surface area contributed by atoms with Crippen LogP contribution in [0.1, 0.15) is 25.0 Å². The van der Waals surface area contributed by atoms with Gasteiger partial charge in [-0.1, -0.05) is 86.6 Å². The van der Waals surface area contributed by atoms with Gasteiger partial charge in [-0.25, -0.2) is 0 Å². The van der Waals surface area contributed by atoms with Gasteiger partial charge in [0.2, 0.25) is 0 Å². The van der Waals surface area contributed by atoms with Gasteiger partial charge in [0.1, 0.15) is 0 Å². The molecule has 1 aliphatic rings. The van der Waals surface area contributed by atoms with Gasteiger partial charge in [0.15, 0.2) is 0 Å². The van der Waals surface area contributed by atoms with E-state index >= 15 is 0 Å². The molecule has 0 N–H and O–H groups in total. The van der Waals surface area contributed by atoms with Crippen molar-refractivity contribution in [3.05, 3.63) is 133 Å². The maximum atomic E-state index is 4.73. The number of pyridine rings is 1. The number of benzene rings is 5. The monoisotopic (exact) mass is 678 g/mol. The smallest absolute Gasteiger partial charge is 0.0582 e. The summed E-state index contributed by atoms with van der Waals surface area (Å²) in [5.74, 6) is 0. The molecule has 189 valence electrons. The Balaban J connectivity index is 0.00000253. The second-order valence-electron chi connectivity index (χ2n) is 10.8. The summed E-state index contributed by atoms with van der Waals surface area (Å²) in [5, 5.41) is 4.93.